The molecule has 1 N–H and O–H groups in total. The lowest BCUT2D eigenvalue weighted by Gasteiger charge is -2.25. The average Bonchev–Trinajstić information content (AvgIpc) is 2.83. The lowest BCUT2D eigenvalue weighted by Crippen LogP contribution is -2.41. The second-order valence-corrected chi connectivity index (χ2v) is 9.09. The molecule has 1 amide bonds. The van der Waals surface area contributed by atoms with Gasteiger partial charge in [-0.3, -0.25) is 9.10 Å². The smallest absolute Gasteiger partial charge is 0.264 e. The molecule has 9 heteroatoms. The second-order valence-electron chi connectivity index (χ2n) is 7.23. The fourth-order valence-corrected chi connectivity index (χ4v) is 4.61. The largest absolute Gasteiger partial charge is 0.497 e. The molecule has 0 aliphatic rings. The van der Waals surface area contributed by atoms with E-state index in [9.17, 15) is 17.6 Å². The van der Waals surface area contributed by atoms with Crippen LogP contribution in [0.3, 0.4) is 0 Å². The van der Waals surface area contributed by atoms with Crippen molar-refractivity contribution in [2.45, 2.75) is 17.9 Å². The molecule has 0 radical (unpaired) electrons. The fourth-order valence-electron chi connectivity index (χ4n) is 3.19. The Hall–Kier alpha value is -3.59. The first-order valence-corrected chi connectivity index (χ1v) is 11.5. The second kappa shape index (κ2) is 10.4. The molecule has 3 aromatic rings. The average molecular weight is 473 g/mol. The van der Waals surface area contributed by atoms with Crippen molar-refractivity contribution in [3.63, 3.8) is 0 Å². The molecule has 0 saturated carbocycles. The number of amides is 1. The summed E-state index contributed by atoms with van der Waals surface area (Å²) in [5.41, 5.74) is 0.995. The minimum Gasteiger partial charge on any atom is -0.497 e. The van der Waals surface area contributed by atoms with Crippen LogP contribution in [0.25, 0.3) is 0 Å². The van der Waals surface area contributed by atoms with Crippen LogP contribution < -0.4 is 19.1 Å². The Kier molecular flexibility index (Phi) is 7.55. The van der Waals surface area contributed by atoms with Crippen molar-refractivity contribution in [1.82, 2.24) is 5.32 Å². The van der Waals surface area contributed by atoms with E-state index >= 15 is 0 Å². The maximum atomic E-state index is 13.5. The summed E-state index contributed by atoms with van der Waals surface area (Å²) in [6.07, 6.45) is 0. The molecule has 0 heterocycles. The quantitative estimate of drug-likeness (QED) is 0.510. The summed E-state index contributed by atoms with van der Waals surface area (Å²) in [6, 6.07) is 17.5. The van der Waals surface area contributed by atoms with Crippen LogP contribution in [-0.2, 0) is 14.8 Å². The molecule has 3 aromatic carbocycles. The van der Waals surface area contributed by atoms with E-state index in [0.717, 1.165) is 22.0 Å². The number of halogens is 1. The van der Waals surface area contributed by atoms with Gasteiger partial charge in [-0.2, -0.15) is 0 Å². The Morgan fingerprint density at radius 2 is 1.42 bits per heavy atom. The normalized spacial score (nSPS) is 12.0. The van der Waals surface area contributed by atoms with Crippen molar-refractivity contribution in [2.24, 2.45) is 0 Å². The van der Waals surface area contributed by atoms with Crippen molar-refractivity contribution in [3.8, 4) is 11.5 Å². The molecule has 0 aromatic heterocycles. The predicted octanol–water partition coefficient (Wildman–Crippen LogP) is 3.92. The first-order chi connectivity index (χ1) is 15.7. The van der Waals surface area contributed by atoms with Gasteiger partial charge in [0.15, 0.2) is 0 Å². The van der Waals surface area contributed by atoms with Gasteiger partial charge >= 0.3 is 0 Å². The molecule has 0 fully saturated rings. The lowest BCUT2D eigenvalue weighted by molar-refractivity contribution is -0.120. The standard InChI is InChI=1S/C24H25FN2O5S/c1-17(18-4-10-21(31-2)11-5-18)26-24(28)16-27(20-8-6-19(25)7-9-20)33(29,30)23-14-12-22(32-3)13-15-23/h4-15,17H,16H2,1-3H3,(H,26,28). The number of hydrogen-bond acceptors (Lipinski definition) is 5. The highest BCUT2D eigenvalue weighted by Crippen LogP contribution is 2.26. The van der Waals surface area contributed by atoms with E-state index in [-0.39, 0.29) is 16.6 Å². The van der Waals surface area contributed by atoms with Crippen LogP contribution in [0.2, 0.25) is 0 Å². The zero-order valence-corrected chi connectivity index (χ0v) is 19.3. The van der Waals surface area contributed by atoms with Gasteiger partial charge in [0.1, 0.15) is 23.9 Å². The fraction of sp³-hybridized carbons (Fsp3) is 0.208. The highest BCUT2D eigenvalue weighted by atomic mass is 32.2. The number of anilines is 1. The van der Waals surface area contributed by atoms with Crippen LogP contribution in [0.1, 0.15) is 18.5 Å². The summed E-state index contributed by atoms with van der Waals surface area (Å²) < 4.78 is 51.4. The summed E-state index contributed by atoms with van der Waals surface area (Å²) >= 11 is 0. The summed E-state index contributed by atoms with van der Waals surface area (Å²) in [5.74, 6) is 0.150. The topological polar surface area (TPSA) is 84.9 Å². The van der Waals surface area contributed by atoms with Crippen LogP contribution in [0, 0.1) is 5.82 Å². The van der Waals surface area contributed by atoms with Gasteiger partial charge in [0.25, 0.3) is 10.0 Å². The van der Waals surface area contributed by atoms with Gasteiger partial charge in [0.2, 0.25) is 5.91 Å². The Labute approximate surface area is 192 Å². The van der Waals surface area contributed by atoms with Crippen molar-refractivity contribution in [2.75, 3.05) is 25.1 Å². The zero-order valence-electron chi connectivity index (χ0n) is 18.5. The molecule has 0 aliphatic carbocycles. The minimum atomic E-state index is -4.12. The number of sulfonamides is 1. The molecule has 0 bridgehead atoms. The number of carbonyl (C=O) groups excluding carboxylic acids is 1. The predicted molar refractivity (Wildman–Crippen MR) is 123 cm³/mol. The monoisotopic (exact) mass is 472 g/mol. The summed E-state index contributed by atoms with van der Waals surface area (Å²) in [5, 5.41) is 2.81. The molecule has 0 aliphatic heterocycles. The molecule has 3 rings (SSSR count). The van der Waals surface area contributed by atoms with Gasteiger partial charge in [0, 0.05) is 0 Å². The Morgan fingerprint density at radius 1 is 0.909 bits per heavy atom. The lowest BCUT2D eigenvalue weighted by atomic mass is 10.1. The Balaban J connectivity index is 1.86. The summed E-state index contributed by atoms with van der Waals surface area (Å²) in [4.78, 5) is 12.8. The number of ether oxygens (including phenoxy) is 2. The van der Waals surface area contributed by atoms with Gasteiger partial charge in [0.05, 0.1) is 30.8 Å². The number of benzene rings is 3. The van der Waals surface area contributed by atoms with E-state index in [1.165, 1.54) is 43.5 Å². The highest BCUT2D eigenvalue weighted by molar-refractivity contribution is 7.92. The number of nitrogens with zero attached hydrogens (tertiary/aromatic N) is 1. The number of hydrogen-bond donors (Lipinski definition) is 1. The number of methoxy groups -OCH3 is 2. The van der Waals surface area contributed by atoms with E-state index in [1.54, 1.807) is 26.2 Å². The van der Waals surface area contributed by atoms with Crippen LogP contribution in [-0.4, -0.2) is 35.1 Å². The molecule has 7 nitrogen and oxygen atoms in total. The maximum Gasteiger partial charge on any atom is 0.264 e. The van der Waals surface area contributed by atoms with Crippen molar-refractivity contribution in [1.29, 1.82) is 0 Å². The van der Waals surface area contributed by atoms with Crippen LogP contribution in [0.15, 0.2) is 77.7 Å². The molecule has 1 atom stereocenters. The third-order valence-electron chi connectivity index (χ3n) is 5.04. The minimum absolute atomic E-state index is 0.0244. The van der Waals surface area contributed by atoms with Gasteiger partial charge in [-0.1, -0.05) is 12.1 Å². The first-order valence-electron chi connectivity index (χ1n) is 10.1. The Morgan fingerprint density at radius 3 is 1.94 bits per heavy atom. The first kappa shape index (κ1) is 24.1. The van der Waals surface area contributed by atoms with Crippen LogP contribution in [0.4, 0.5) is 10.1 Å². The van der Waals surface area contributed by atoms with E-state index < -0.39 is 28.3 Å². The van der Waals surface area contributed by atoms with Crippen LogP contribution >= 0.6 is 0 Å². The molecular weight excluding hydrogens is 447 g/mol. The van der Waals surface area contributed by atoms with Crippen molar-refractivity contribution in [3.05, 3.63) is 84.2 Å². The molecule has 33 heavy (non-hydrogen) atoms. The molecular formula is C24H25FN2O5S. The summed E-state index contributed by atoms with van der Waals surface area (Å²) in [6.45, 7) is 1.31. The van der Waals surface area contributed by atoms with Crippen molar-refractivity contribution >= 4 is 21.6 Å². The molecule has 1 unspecified atom stereocenters. The van der Waals surface area contributed by atoms with E-state index in [2.05, 4.69) is 5.32 Å². The Bertz CT molecular complexity index is 1180. The molecule has 174 valence electrons. The zero-order chi connectivity index (χ0) is 24.0. The van der Waals surface area contributed by atoms with Gasteiger partial charge in [-0.05, 0) is 73.2 Å². The highest BCUT2D eigenvalue weighted by Gasteiger charge is 2.28. The van der Waals surface area contributed by atoms with E-state index in [4.69, 9.17) is 9.47 Å². The molecule has 0 spiro atoms. The van der Waals surface area contributed by atoms with E-state index in [1.807, 2.05) is 12.1 Å². The number of rotatable bonds is 9. The van der Waals surface area contributed by atoms with Crippen molar-refractivity contribution < 1.29 is 27.1 Å². The number of nitrogens with one attached hydrogen (secondary N) is 1. The van der Waals surface area contributed by atoms with Gasteiger partial charge in [-0.25, -0.2) is 12.8 Å². The SMILES string of the molecule is COc1ccc(C(C)NC(=O)CN(c2ccc(F)cc2)S(=O)(=O)c2ccc(OC)cc2)cc1. The summed E-state index contributed by atoms with van der Waals surface area (Å²) in [7, 11) is -1.08. The number of carbonyl (C=O) groups is 1. The maximum absolute atomic E-state index is 13.5. The molecule has 0 saturated heterocycles. The third-order valence-corrected chi connectivity index (χ3v) is 6.83. The van der Waals surface area contributed by atoms with E-state index in [0.29, 0.717) is 11.5 Å². The van der Waals surface area contributed by atoms with Gasteiger partial charge < -0.3 is 14.8 Å². The van der Waals surface area contributed by atoms with Crippen LogP contribution in [0.5, 0.6) is 11.5 Å². The van der Waals surface area contributed by atoms with Gasteiger partial charge in [-0.15, -0.1) is 0 Å². The third kappa shape index (κ3) is 5.81.